The van der Waals surface area contributed by atoms with Crippen LogP contribution in [0.1, 0.15) is 25.5 Å². The average molecular weight is 168 g/mol. The minimum absolute atomic E-state index is 0.172. The highest BCUT2D eigenvalue weighted by atomic mass is 16.5. The van der Waals surface area contributed by atoms with E-state index in [1.165, 1.54) is 0 Å². The molecule has 0 aliphatic rings. The van der Waals surface area contributed by atoms with E-state index in [2.05, 4.69) is 0 Å². The van der Waals surface area contributed by atoms with Gasteiger partial charge in [-0.25, -0.2) is 0 Å². The number of rotatable bonds is 4. The molecule has 0 fully saturated rings. The smallest absolute Gasteiger partial charge is 0.306 e. The molecule has 1 aromatic heterocycles. The van der Waals surface area contributed by atoms with E-state index in [4.69, 9.17) is 9.15 Å². The molecule has 1 heterocycles. The molecule has 1 aromatic rings. The molecule has 0 unspecified atom stereocenters. The van der Waals surface area contributed by atoms with Gasteiger partial charge in [-0.05, 0) is 18.6 Å². The Hall–Kier alpha value is -1.25. The molecule has 12 heavy (non-hydrogen) atoms. The highest BCUT2D eigenvalue weighted by molar-refractivity contribution is 5.69. The van der Waals surface area contributed by atoms with E-state index in [1.807, 2.05) is 6.92 Å². The Labute approximate surface area is 71.3 Å². The molecule has 0 aromatic carbocycles. The third-order valence-corrected chi connectivity index (χ3v) is 1.41. The summed E-state index contributed by atoms with van der Waals surface area (Å²) in [5.74, 6) is 0.508. The van der Waals surface area contributed by atoms with Gasteiger partial charge >= 0.3 is 5.97 Å². The van der Waals surface area contributed by atoms with Crippen molar-refractivity contribution in [3.05, 3.63) is 24.2 Å². The molecule has 1 rings (SSSR count). The fourth-order valence-corrected chi connectivity index (χ4v) is 0.823. The molecule has 0 radical (unpaired) electrons. The lowest BCUT2D eigenvalue weighted by Crippen LogP contribution is -2.02. The lowest BCUT2D eigenvalue weighted by atomic mass is 10.3. The Morgan fingerprint density at radius 3 is 3.08 bits per heavy atom. The Balaban J connectivity index is 2.22. The van der Waals surface area contributed by atoms with E-state index in [0.717, 1.165) is 6.42 Å². The van der Waals surface area contributed by atoms with Crippen molar-refractivity contribution in [1.29, 1.82) is 0 Å². The second-order valence-corrected chi connectivity index (χ2v) is 2.49. The second-order valence-electron chi connectivity index (χ2n) is 2.49. The van der Waals surface area contributed by atoms with Gasteiger partial charge in [0.15, 0.2) is 0 Å². The van der Waals surface area contributed by atoms with Crippen LogP contribution in [-0.4, -0.2) is 5.97 Å². The molecule has 0 amide bonds. The van der Waals surface area contributed by atoms with E-state index in [9.17, 15) is 4.79 Å². The molecule has 0 N–H and O–H groups in total. The van der Waals surface area contributed by atoms with Gasteiger partial charge in [0, 0.05) is 6.42 Å². The molecule has 0 bridgehead atoms. The number of furan rings is 1. The quantitative estimate of drug-likeness (QED) is 0.646. The Morgan fingerprint density at radius 2 is 2.50 bits per heavy atom. The third kappa shape index (κ3) is 2.78. The van der Waals surface area contributed by atoms with E-state index in [0.29, 0.717) is 12.2 Å². The summed E-state index contributed by atoms with van der Waals surface area (Å²) < 4.78 is 9.88. The first-order valence-electron chi connectivity index (χ1n) is 4.01. The molecular weight excluding hydrogens is 156 g/mol. The summed E-state index contributed by atoms with van der Waals surface area (Å²) in [5.41, 5.74) is 0. The maximum Gasteiger partial charge on any atom is 0.306 e. The van der Waals surface area contributed by atoms with Crippen LogP contribution in [0.25, 0.3) is 0 Å². The minimum atomic E-state index is -0.172. The first-order chi connectivity index (χ1) is 5.83. The van der Waals surface area contributed by atoms with Crippen molar-refractivity contribution in [3.8, 4) is 0 Å². The molecule has 66 valence electrons. The lowest BCUT2D eigenvalue weighted by molar-refractivity contribution is -0.145. The zero-order chi connectivity index (χ0) is 8.81. The van der Waals surface area contributed by atoms with Crippen LogP contribution < -0.4 is 0 Å². The average Bonchev–Trinajstić information content (AvgIpc) is 2.53. The van der Waals surface area contributed by atoms with Crippen LogP contribution in [-0.2, 0) is 16.1 Å². The predicted molar refractivity (Wildman–Crippen MR) is 43.4 cm³/mol. The fourth-order valence-electron chi connectivity index (χ4n) is 0.823. The minimum Gasteiger partial charge on any atom is -0.466 e. The van der Waals surface area contributed by atoms with Gasteiger partial charge in [-0.2, -0.15) is 0 Å². The van der Waals surface area contributed by atoms with Gasteiger partial charge in [-0.3, -0.25) is 4.79 Å². The highest BCUT2D eigenvalue weighted by Gasteiger charge is 2.02. The van der Waals surface area contributed by atoms with Crippen molar-refractivity contribution in [2.24, 2.45) is 0 Å². The number of hydrogen-bond donors (Lipinski definition) is 0. The van der Waals surface area contributed by atoms with Crippen LogP contribution in [0.4, 0.5) is 0 Å². The Kier molecular flexibility index (Phi) is 3.38. The van der Waals surface area contributed by atoms with E-state index < -0.39 is 0 Å². The standard InChI is InChI=1S/C9H12O3/c1-2-4-9(10)12-7-8-5-3-6-11-8/h3,5-6H,2,4,7H2,1H3. The monoisotopic (exact) mass is 168 g/mol. The summed E-state index contributed by atoms with van der Waals surface area (Å²) in [6, 6.07) is 3.54. The van der Waals surface area contributed by atoms with Crippen molar-refractivity contribution in [2.75, 3.05) is 0 Å². The van der Waals surface area contributed by atoms with Crippen LogP contribution in [0.3, 0.4) is 0 Å². The molecule has 0 saturated heterocycles. The summed E-state index contributed by atoms with van der Waals surface area (Å²) in [4.78, 5) is 10.9. The third-order valence-electron chi connectivity index (χ3n) is 1.41. The van der Waals surface area contributed by atoms with Gasteiger partial charge in [-0.1, -0.05) is 6.92 Å². The Bertz CT molecular complexity index is 226. The zero-order valence-electron chi connectivity index (χ0n) is 7.08. The first-order valence-corrected chi connectivity index (χ1v) is 4.01. The molecular formula is C9H12O3. The second kappa shape index (κ2) is 4.59. The summed E-state index contributed by atoms with van der Waals surface area (Å²) >= 11 is 0. The van der Waals surface area contributed by atoms with Crippen LogP contribution in [0.15, 0.2) is 22.8 Å². The molecule has 0 aliphatic heterocycles. The maximum absolute atomic E-state index is 10.9. The van der Waals surface area contributed by atoms with Gasteiger partial charge in [-0.15, -0.1) is 0 Å². The lowest BCUT2D eigenvalue weighted by Gasteiger charge is -1.99. The summed E-state index contributed by atoms with van der Waals surface area (Å²) in [6.07, 6.45) is 2.85. The predicted octanol–water partition coefficient (Wildman–Crippen LogP) is 2.12. The number of carbonyl (C=O) groups is 1. The van der Waals surface area contributed by atoms with E-state index in [-0.39, 0.29) is 12.6 Å². The molecule has 0 aliphatic carbocycles. The van der Waals surface area contributed by atoms with Gasteiger partial charge in [0.05, 0.1) is 6.26 Å². The molecule has 0 atom stereocenters. The molecule has 3 heteroatoms. The SMILES string of the molecule is CCCC(=O)OCc1ccco1. The van der Waals surface area contributed by atoms with Crippen molar-refractivity contribution in [3.63, 3.8) is 0 Å². The maximum atomic E-state index is 10.9. The molecule has 0 spiro atoms. The van der Waals surface area contributed by atoms with Crippen LogP contribution in [0.2, 0.25) is 0 Å². The van der Waals surface area contributed by atoms with Gasteiger partial charge in [0.25, 0.3) is 0 Å². The molecule has 3 nitrogen and oxygen atoms in total. The zero-order valence-corrected chi connectivity index (χ0v) is 7.08. The van der Waals surface area contributed by atoms with Crippen LogP contribution in [0, 0.1) is 0 Å². The van der Waals surface area contributed by atoms with Crippen molar-refractivity contribution in [2.45, 2.75) is 26.4 Å². The van der Waals surface area contributed by atoms with Crippen molar-refractivity contribution in [1.82, 2.24) is 0 Å². The fraction of sp³-hybridized carbons (Fsp3) is 0.444. The van der Waals surface area contributed by atoms with Gasteiger partial charge in [0.2, 0.25) is 0 Å². The Morgan fingerprint density at radius 1 is 1.67 bits per heavy atom. The molecule has 0 saturated carbocycles. The summed E-state index contributed by atoms with van der Waals surface area (Å²) in [7, 11) is 0. The van der Waals surface area contributed by atoms with Crippen molar-refractivity contribution < 1.29 is 13.9 Å². The topological polar surface area (TPSA) is 39.4 Å². The largest absolute Gasteiger partial charge is 0.466 e. The van der Waals surface area contributed by atoms with Crippen LogP contribution >= 0.6 is 0 Å². The van der Waals surface area contributed by atoms with Crippen LogP contribution in [0.5, 0.6) is 0 Å². The van der Waals surface area contributed by atoms with Crippen molar-refractivity contribution >= 4 is 5.97 Å². The number of hydrogen-bond acceptors (Lipinski definition) is 3. The normalized spacial score (nSPS) is 9.75. The summed E-state index contributed by atoms with van der Waals surface area (Å²) in [5, 5.41) is 0. The van der Waals surface area contributed by atoms with E-state index in [1.54, 1.807) is 18.4 Å². The first kappa shape index (κ1) is 8.84. The summed E-state index contributed by atoms with van der Waals surface area (Å²) in [6.45, 7) is 2.18. The number of carbonyl (C=O) groups excluding carboxylic acids is 1. The van der Waals surface area contributed by atoms with Gasteiger partial charge < -0.3 is 9.15 Å². The highest BCUT2D eigenvalue weighted by Crippen LogP contribution is 2.03. The number of ether oxygens (including phenoxy) is 1. The number of esters is 1. The van der Waals surface area contributed by atoms with E-state index >= 15 is 0 Å². The van der Waals surface area contributed by atoms with Gasteiger partial charge in [0.1, 0.15) is 12.4 Å².